The molecule has 0 bridgehead atoms. The van der Waals surface area contributed by atoms with E-state index in [-0.39, 0.29) is 24.1 Å². The SMILES string of the molecule is Cc1ncn(CC(=O)N2CCC(N(C)c3ncc(Cl)cn3)CC2)c(=O)c1C. The minimum absolute atomic E-state index is 0.0216. The molecule has 0 radical (unpaired) electrons. The molecule has 0 aromatic carbocycles. The fraction of sp³-hybridized carbons (Fsp3) is 0.500. The van der Waals surface area contributed by atoms with Gasteiger partial charge in [-0.15, -0.1) is 0 Å². The normalized spacial score (nSPS) is 15.0. The number of rotatable bonds is 4. The largest absolute Gasteiger partial charge is 0.341 e. The lowest BCUT2D eigenvalue weighted by Crippen LogP contribution is -2.47. The molecule has 1 aliphatic rings. The second-order valence-corrected chi connectivity index (χ2v) is 7.25. The first-order valence-electron chi connectivity index (χ1n) is 8.87. The van der Waals surface area contributed by atoms with Crippen molar-refractivity contribution in [3.8, 4) is 0 Å². The van der Waals surface area contributed by atoms with Gasteiger partial charge < -0.3 is 9.80 Å². The summed E-state index contributed by atoms with van der Waals surface area (Å²) in [4.78, 5) is 41.3. The van der Waals surface area contributed by atoms with E-state index in [4.69, 9.17) is 11.6 Å². The topological polar surface area (TPSA) is 84.2 Å². The molecule has 1 amide bonds. The highest BCUT2D eigenvalue weighted by Crippen LogP contribution is 2.20. The zero-order valence-electron chi connectivity index (χ0n) is 15.7. The number of piperidine rings is 1. The van der Waals surface area contributed by atoms with Gasteiger partial charge in [-0.25, -0.2) is 15.0 Å². The Kier molecular flexibility index (Phi) is 5.74. The lowest BCUT2D eigenvalue weighted by atomic mass is 10.0. The molecule has 1 aliphatic heterocycles. The first-order valence-corrected chi connectivity index (χ1v) is 9.25. The van der Waals surface area contributed by atoms with Crippen LogP contribution < -0.4 is 10.5 Å². The molecular weight excluding hydrogens is 368 g/mol. The number of anilines is 1. The average molecular weight is 391 g/mol. The Bertz CT molecular complexity index is 874. The number of hydrogen-bond donors (Lipinski definition) is 0. The summed E-state index contributed by atoms with van der Waals surface area (Å²) in [5, 5.41) is 0.503. The van der Waals surface area contributed by atoms with Crippen LogP contribution in [0, 0.1) is 13.8 Å². The number of halogens is 1. The Morgan fingerprint density at radius 2 is 1.85 bits per heavy atom. The highest BCUT2D eigenvalue weighted by molar-refractivity contribution is 6.30. The van der Waals surface area contributed by atoms with Crippen molar-refractivity contribution >= 4 is 23.5 Å². The molecule has 0 N–H and O–H groups in total. The van der Waals surface area contributed by atoms with Crippen molar-refractivity contribution in [1.82, 2.24) is 24.4 Å². The van der Waals surface area contributed by atoms with Crippen molar-refractivity contribution in [2.24, 2.45) is 0 Å². The first kappa shape index (κ1) is 19.3. The Hall–Kier alpha value is -2.48. The van der Waals surface area contributed by atoms with E-state index in [1.807, 2.05) is 11.9 Å². The molecule has 2 aromatic rings. The van der Waals surface area contributed by atoms with Crippen molar-refractivity contribution in [2.45, 2.75) is 39.3 Å². The van der Waals surface area contributed by atoms with Gasteiger partial charge in [0.2, 0.25) is 11.9 Å². The van der Waals surface area contributed by atoms with Gasteiger partial charge in [0.15, 0.2) is 0 Å². The summed E-state index contributed by atoms with van der Waals surface area (Å²) >= 11 is 5.84. The van der Waals surface area contributed by atoms with E-state index in [2.05, 4.69) is 15.0 Å². The van der Waals surface area contributed by atoms with E-state index in [1.165, 1.54) is 10.9 Å². The van der Waals surface area contributed by atoms with Crippen LogP contribution in [0.2, 0.25) is 5.02 Å². The molecule has 27 heavy (non-hydrogen) atoms. The van der Waals surface area contributed by atoms with Crippen LogP contribution in [-0.4, -0.2) is 56.5 Å². The van der Waals surface area contributed by atoms with Crippen LogP contribution in [0.1, 0.15) is 24.1 Å². The van der Waals surface area contributed by atoms with E-state index in [0.717, 1.165) is 12.8 Å². The molecule has 3 heterocycles. The standard InChI is InChI=1S/C18H23ClN6O2/c1-12-13(2)22-11-25(17(12)27)10-16(26)24-6-4-15(5-7-24)23(3)18-20-8-14(19)9-21-18/h8-9,11,15H,4-7,10H2,1-3H3. The van der Waals surface area contributed by atoms with Crippen LogP contribution >= 0.6 is 11.6 Å². The molecule has 3 rings (SSSR count). The predicted molar refractivity (Wildman–Crippen MR) is 103 cm³/mol. The highest BCUT2D eigenvalue weighted by Gasteiger charge is 2.26. The molecule has 0 aliphatic carbocycles. The molecule has 0 unspecified atom stereocenters. The van der Waals surface area contributed by atoms with E-state index in [9.17, 15) is 9.59 Å². The summed E-state index contributed by atoms with van der Waals surface area (Å²) in [5.41, 5.74) is 1.11. The van der Waals surface area contributed by atoms with E-state index in [0.29, 0.717) is 35.3 Å². The Labute approximate surface area is 162 Å². The summed E-state index contributed by atoms with van der Waals surface area (Å²) in [7, 11) is 1.95. The zero-order valence-corrected chi connectivity index (χ0v) is 16.5. The Morgan fingerprint density at radius 3 is 2.48 bits per heavy atom. The lowest BCUT2D eigenvalue weighted by Gasteiger charge is -2.36. The number of aromatic nitrogens is 4. The summed E-state index contributed by atoms with van der Waals surface area (Å²) in [5.74, 6) is 0.558. The average Bonchev–Trinajstić information content (AvgIpc) is 2.68. The second-order valence-electron chi connectivity index (χ2n) is 6.81. The number of likely N-dealkylation sites (tertiary alicyclic amines) is 1. The minimum Gasteiger partial charge on any atom is -0.341 e. The molecular formula is C18H23ClN6O2. The minimum atomic E-state index is -0.162. The molecule has 2 aromatic heterocycles. The van der Waals surface area contributed by atoms with E-state index < -0.39 is 0 Å². The second kappa shape index (κ2) is 8.04. The van der Waals surface area contributed by atoms with Crippen molar-refractivity contribution in [1.29, 1.82) is 0 Å². The number of amides is 1. The summed E-state index contributed by atoms with van der Waals surface area (Å²) in [6, 6.07) is 0.251. The van der Waals surface area contributed by atoms with E-state index >= 15 is 0 Å². The van der Waals surface area contributed by atoms with Crippen LogP contribution in [0.5, 0.6) is 0 Å². The summed E-state index contributed by atoms with van der Waals surface area (Å²) in [6.45, 7) is 4.80. The van der Waals surface area contributed by atoms with Gasteiger partial charge in [-0.3, -0.25) is 14.2 Å². The third-order valence-electron chi connectivity index (χ3n) is 5.11. The van der Waals surface area contributed by atoms with Gasteiger partial charge in [-0.1, -0.05) is 11.6 Å². The summed E-state index contributed by atoms with van der Waals surface area (Å²) < 4.78 is 1.38. The maximum absolute atomic E-state index is 12.6. The number of carbonyl (C=O) groups is 1. The fourth-order valence-corrected chi connectivity index (χ4v) is 3.29. The van der Waals surface area contributed by atoms with Crippen LogP contribution in [0.3, 0.4) is 0 Å². The Morgan fingerprint density at radius 1 is 1.22 bits per heavy atom. The smallest absolute Gasteiger partial charge is 0.256 e. The van der Waals surface area contributed by atoms with Crippen molar-refractivity contribution in [2.75, 3.05) is 25.0 Å². The molecule has 144 valence electrons. The van der Waals surface area contributed by atoms with Crippen LogP contribution in [0.25, 0.3) is 0 Å². The molecule has 1 fully saturated rings. The molecule has 0 atom stereocenters. The monoisotopic (exact) mass is 390 g/mol. The molecule has 1 saturated heterocycles. The zero-order chi connectivity index (χ0) is 19.6. The van der Waals surface area contributed by atoms with Crippen molar-refractivity contribution < 1.29 is 4.79 Å². The van der Waals surface area contributed by atoms with Crippen molar-refractivity contribution in [3.63, 3.8) is 0 Å². The molecule has 8 nitrogen and oxygen atoms in total. The first-order chi connectivity index (χ1) is 12.9. The third kappa shape index (κ3) is 4.27. The van der Waals surface area contributed by atoms with Gasteiger partial charge >= 0.3 is 0 Å². The highest BCUT2D eigenvalue weighted by atomic mass is 35.5. The van der Waals surface area contributed by atoms with Gasteiger partial charge in [-0.05, 0) is 26.7 Å². The van der Waals surface area contributed by atoms with E-state index in [1.54, 1.807) is 31.1 Å². The predicted octanol–water partition coefficient (Wildman–Crippen LogP) is 1.43. The third-order valence-corrected chi connectivity index (χ3v) is 5.30. The fourth-order valence-electron chi connectivity index (χ4n) is 3.19. The van der Waals surface area contributed by atoms with Gasteiger partial charge in [0, 0.05) is 37.4 Å². The molecule has 9 heteroatoms. The maximum atomic E-state index is 12.6. The van der Waals surface area contributed by atoms with Gasteiger partial charge in [-0.2, -0.15) is 0 Å². The lowest BCUT2D eigenvalue weighted by molar-refractivity contribution is -0.132. The molecule has 0 spiro atoms. The van der Waals surface area contributed by atoms with Gasteiger partial charge in [0.25, 0.3) is 5.56 Å². The van der Waals surface area contributed by atoms with Crippen LogP contribution in [0.15, 0.2) is 23.5 Å². The van der Waals surface area contributed by atoms with Gasteiger partial charge in [0.1, 0.15) is 6.54 Å². The quantitative estimate of drug-likeness (QED) is 0.785. The van der Waals surface area contributed by atoms with Crippen LogP contribution in [-0.2, 0) is 11.3 Å². The van der Waals surface area contributed by atoms with Crippen molar-refractivity contribution in [3.05, 3.63) is 45.4 Å². The van der Waals surface area contributed by atoms with Crippen LogP contribution in [0.4, 0.5) is 5.95 Å². The molecule has 0 saturated carbocycles. The number of hydrogen-bond acceptors (Lipinski definition) is 6. The maximum Gasteiger partial charge on any atom is 0.256 e. The Balaban J connectivity index is 1.59. The number of carbonyl (C=O) groups excluding carboxylic acids is 1. The summed E-state index contributed by atoms with van der Waals surface area (Å²) in [6.07, 6.45) is 6.23. The number of aryl methyl sites for hydroxylation is 1. The number of nitrogens with zero attached hydrogens (tertiary/aromatic N) is 6. The van der Waals surface area contributed by atoms with Gasteiger partial charge in [0.05, 0.1) is 23.7 Å².